The molecule has 4 N–H and O–H groups in total. The van der Waals surface area contributed by atoms with Crippen molar-refractivity contribution in [1.29, 1.82) is 0 Å². The molecule has 1 heterocycles. The molecule has 40 heavy (non-hydrogen) atoms. The Kier molecular flexibility index (Phi) is 7.87. The Morgan fingerprint density at radius 3 is 2.25 bits per heavy atom. The van der Waals surface area contributed by atoms with Crippen LogP contribution in [0.25, 0.3) is 0 Å². The number of hydrogen-bond acceptors (Lipinski definition) is 5. The first-order valence-corrected chi connectivity index (χ1v) is 15.0. The summed E-state index contributed by atoms with van der Waals surface area (Å²) in [5, 5.41) is 24.7. The number of amides is 2. The molecule has 0 bridgehead atoms. The first-order chi connectivity index (χ1) is 18.9. The highest BCUT2D eigenvalue weighted by Crippen LogP contribution is 2.58. The monoisotopic (exact) mass is 549 g/mol. The van der Waals surface area contributed by atoms with E-state index in [9.17, 15) is 14.7 Å². The van der Waals surface area contributed by atoms with Crippen LogP contribution in [0.1, 0.15) is 95.1 Å². The summed E-state index contributed by atoms with van der Waals surface area (Å²) in [6.45, 7) is 9.40. The van der Waals surface area contributed by atoms with Crippen LogP contribution in [0, 0.1) is 22.7 Å². The fourth-order valence-electron chi connectivity index (χ4n) is 6.62. The highest BCUT2D eigenvalue weighted by molar-refractivity contribution is 6.00. The molecule has 5 rings (SSSR count). The highest BCUT2D eigenvalue weighted by Gasteiger charge is 2.54. The molecule has 2 aromatic rings. The smallest absolute Gasteiger partial charge is 0.270 e. The maximum absolute atomic E-state index is 13.9. The molecule has 0 spiro atoms. The molecular formula is C32H47N5O3. The van der Waals surface area contributed by atoms with Crippen LogP contribution in [-0.2, 0) is 17.3 Å². The Morgan fingerprint density at radius 2 is 1.75 bits per heavy atom. The van der Waals surface area contributed by atoms with E-state index in [1.54, 1.807) is 19.3 Å². The lowest BCUT2D eigenvalue weighted by molar-refractivity contribution is -0.121. The van der Waals surface area contributed by atoms with Crippen LogP contribution in [0.5, 0.6) is 0 Å². The molecule has 0 radical (unpaired) electrons. The van der Waals surface area contributed by atoms with Gasteiger partial charge in [0.25, 0.3) is 5.91 Å². The molecule has 3 aliphatic carbocycles. The van der Waals surface area contributed by atoms with Gasteiger partial charge in [-0.2, -0.15) is 5.10 Å². The fourth-order valence-corrected chi connectivity index (χ4v) is 6.62. The standard InChI is InChI=1S/C32H47N5O3/c1-30(2,29(40)33-20-31(3)15-7-16-31)22-10-12-23(13-11-22)35-28(39)26(36-27(38)24-14-19-34-37(24)5)25(21-8-6-9-21)32(4)17-18-32/h10-14,19,21,25-26,29,33,40H,6-9,15-18,20H2,1-5H3,(H,35,39)(H,36,38)/t25?,26-,29?/m0/s1. The molecule has 8 nitrogen and oxygen atoms in total. The average Bonchev–Trinajstić information content (AvgIpc) is 3.47. The summed E-state index contributed by atoms with van der Waals surface area (Å²) in [6.07, 6.45) is 10.1. The van der Waals surface area contributed by atoms with Crippen molar-refractivity contribution in [2.75, 3.05) is 11.9 Å². The average molecular weight is 550 g/mol. The predicted octanol–water partition coefficient (Wildman–Crippen LogP) is 4.75. The summed E-state index contributed by atoms with van der Waals surface area (Å²) >= 11 is 0. The number of aromatic nitrogens is 2. The fraction of sp³-hybridized carbons (Fsp3) is 0.656. The molecule has 218 valence electrons. The van der Waals surface area contributed by atoms with Crippen LogP contribution in [0.2, 0.25) is 0 Å². The summed E-state index contributed by atoms with van der Waals surface area (Å²) in [7, 11) is 1.73. The van der Waals surface area contributed by atoms with E-state index in [1.807, 2.05) is 38.1 Å². The molecule has 1 aromatic heterocycles. The van der Waals surface area contributed by atoms with Crippen LogP contribution < -0.4 is 16.0 Å². The lowest BCUT2D eigenvalue weighted by atomic mass is 9.66. The minimum absolute atomic E-state index is 0.0698. The molecule has 2 amide bonds. The molecule has 1 aromatic carbocycles. The maximum atomic E-state index is 13.9. The van der Waals surface area contributed by atoms with E-state index in [4.69, 9.17) is 0 Å². The van der Waals surface area contributed by atoms with Gasteiger partial charge in [-0.15, -0.1) is 0 Å². The zero-order chi connectivity index (χ0) is 28.7. The third kappa shape index (κ3) is 5.84. The molecule has 3 saturated carbocycles. The lowest BCUT2D eigenvalue weighted by Gasteiger charge is -2.42. The van der Waals surface area contributed by atoms with Crippen LogP contribution >= 0.6 is 0 Å². The van der Waals surface area contributed by atoms with Crippen LogP contribution in [0.15, 0.2) is 36.5 Å². The van der Waals surface area contributed by atoms with Gasteiger partial charge < -0.3 is 15.7 Å². The number of nitrogens with zero attached hydrogens (tertiary/aromatic N) is 2. The molecule has 3 atom stereocenters. The Morgan fingerprint density at radius 1 is 1.07 bits per heavy atom. The third-order valence-corrected chi connectivity index (χ3v) is 10.3. The topological polar surface area (TPSA) is 108 Å². The quantitative estimate of drug-likeness (QED) is 0.286. The summed E-state index contributed by atoms with van der Waals surface area (Å²) in [6, 6.07) is 8.78. The van der Waals surface area contributed by atoms with Crippen molar-refractivity contribution in [3.05, 3.63) is 47.8 Å². The Labute approximate surface area is 238 Å². The first kappa shape index (κ1) is 28.8. The van der Waals surface area contributed by atoms with Crippen LogP contribution in [0.4, 0.5) is 5.69 Å². The zero-order valence-corrected chi connectivity index (χ0v) is 24.8. The minimum atomic E-state index is -0.681. The van der Waals surface area contributed by atoms with Gasteiger partial charge in [0.05, 0.1) is 0 Å². The van der Waals surface area contributed by atoms with E-state index in [1.165, 1.54) is 30.4 Å². The molecular weight excluding hydrogens is 502 g/mol. The second-order valence-corrected chi connectivity index (χ2v) is 13.9. The number of aliphatic hydroxyl groups is 1. The molecule has 0 aliphatic heterocycles. The summed E-state index contributed by atoms with van der Waals surface area (Å²) in [5.74, 6) is 0.0795. The number of nitrogens with one attached hydrogen (secondary N) is 3. The van der Waals surface area contributed by atoms with E-state index in [-0.39, 0.29) is 28.6 Å². The van der Waals surface area contributed by atoms with Gasteiger partial charge in [-0.05, 0) is 72.1 Å². The van der Waals surface area contributed by atoms with Crippen LogP contribution in [-0.4, -0.2) is 45.5 Å². The Balaban J connectivity index is 1.30. The van der Waals surface area contributed by atoms with Crippen molar-refractivity contribution < 1.29 is 14.7 Å². The van der Waals surface area contributed by atoms with Crippen molar-refractivity contribution in [3.63, 3.8) is 0 Å². The number of aryl methyl sites for hydroxylation is 1. The number of carbonyl (C=O) groups is 2. The SMILES string of the molecule is Cn1nccc1C(=O)N[C@H](C(=O)Nc1ccc(C(C)(C)C(O)NCC2(C)CCC2)cc1)C(C1CCC1)C1(C)CC1. The normalized spacial score (nSPS) is 21.9. The second kappa shape index (κ2) is 10.9. The van der Waals surface area contributed by atoms with Gasteiger partial charge >= 0.3 is 0 Å². The number of anilines is 1. The largest absolute Gasteiger partial charge is 0.378 e. The highest BCUT2D eigenvalue weighted by atomic mass is 16.3. The summed E-state index contributed by atoms with van der Waals surface area (Å²) in [5.41, 5.74) is 1.96. The minimum Gasteiger partial charge on any atom is -0.378 e. The second-order valence-electron chi connectivity index (χ2n) is 13.9. The molecule has 3 aliphatic rings. The van der Waals surface area contributed by atoms with Gasteiger partial charge in [-0.25, -0.2) is 0 Å². The predicted molar refractivity (Wildman–Crippen MR) is 157 cm³/mol. The van der Waals surface area contributed by atoms with Crippen molar-refractivity contribution in [3.8, 4) is 0 Å². The van der Waals surface area contributed by atoms with Crippen molar-refractivity contribution in [2.24, 2.45) is 29.7 Å². The number of hydrogen-bond donors (Lipinski definition) is 4. The molecule has 8 heteroatoms. The van der Waals surface area contributed by atoms with Gasteiger partial charge in [-0.1, -0.05) is 65.5 Å². The van der Waals surface area contributed by atoms with Crippen LogP contribution in [0.3, 0.4) is 0 Å². The van der Waals surface area contributed by atoms with Crippen molar-refractivity contribution in [2.45, 2.75) is 96.7 Å². The van der Waals surface area contributed by atoms with E-state index < -0.39 is 17.7 Å². The van der Waals surface area contributed by atoms with Gasteiger partial charge in [0, 0.05) is 30.9 Å². The summed E-state index contributed by atoms with van der Waals surface area (Å²) in [4.78, 5) is 27.1. The molecule has 3 fully saturated rings. The maximum Gasteiger partial charge on any atom is 0.270 e. The first-order valence-electron chi connectivity index (χ1n) is 15.0. The van der Waals surface area contributed by atoms with E-state index in [2.05, 4.69) is 34.9 Å². The number of aliphatic hydroxyl groups excluding tert-OH is 1. The van der Waals surface area contributed by atoms with Gasteiger partial charge in [0.15, 0.2) is 0 Å². The van der Waals surface area contributed by atoms with Crippen molar-refractivity contribution in [1.82, 2.24) is 20.4 Å². The number of benzene rings is 1. The number of carbonyl (C=O) groups excluding carboxylic acids is 2. The van der Waals surface area contributed by atoms with E-state index in [0.717, 1.165) is 37.8 Å². The zero-order valence-electron chi connectivity index (χ0n) is 24.8. The molecule has 0 saturated heterocycles. The van der Waals surface area contributed by atoms with Gasteiger partial charge in [-0.3, -0.25) is 19.6 Å². The Bertz CT molecular complexity index is 1210. The Hall–Kier alpha value is -2.71. The number of rotatable bonds is 12. The molecule has 2 unspecified atom stereocenters. The lowest BCUT2D eigenvalue weighted by Crippen LogP contribution is -2.54. The van der Waals surface area contributed by atoms with Gasteiger partial charge in [0.1, 0.15) is 18.0 Å². The van der Waals surface area contributed by atoms with Crippen molar-refractivity contribution >= 4 is 17.5 Å². The van der Waals surface area contributed by atoms with E-state index >= 15 is 0 Å². The third-order valence-electron chi connectivity index (χ3n) is 10.3. The van der Waals surface area contributed by atoms with Gasteiger partial charge in [0.2, 0.25) is 5.91 Å². The van der Waals surface area contributed by atoms with E-state index in [0.29, 0.717) is 17.3 Å². The summed E-state index contributed by atoms with van der Waals surface area (Å²) < 4.78 is 1.54.